The number of pyridine rings is 1. The van der Waals surface area contributed by atoms with E-state index in [2.05, 4.69) is 17.4 Å². The molecule has 0 radical (unpaired) electrons. The summed E-state index contributed by atoms with van der Waals surface area (Å²) in [5.74, 6) is -0.801. The molecule has 1 aromatic carbocycles. The number of aromatic nitrogens is 1. The number of halogens is 2. The molecule has 212 valence electrons. The monoisotopic (exact) mass is 543 g/mol. The number of fused-ring (bicyclic) bond motifs is 1. The lowest BCUT2D eigenvalue weighted by Crippen LogP contribution is -2.34. The highest BCUT2D eigenvalue weighted by atomic mass is 19.1. The van der Waals surface area contributed by atoms with Crippen LogP contribution < -0.4 is 5.32 Å². The van der Waals surface area contributed by atoms with Gasteiger partial charge >= 0.3 is 5.97 Å². The largest absolute Gasteiger partial charge is 0.480 e. The second kappa shape index (κ2) is 13.2. The molecule has 2 saturated heterocycles. The number of aliphatic carboxylic acids is 1. The van der Waals surface area contributed by atoms with Crippen molar-refractivity contribution in [1.29, 1.82) is 0 Å². The van der Waals surface area contributed by atoms with E-state index in [0.29, 0.717) is 50.3 Å². The molecule has 5 rings (SSSR count). The van der Waals surface area contributed by atoms with Gasteiger partial charge in [-0.15, -0.1) is 0 Å². The molecule has 3 aliphatic heterocycles. The first kappa shape index (κ1) is 27.9. The van der Waals surface area contributed by atoms with Crippen molar-refractivity contribution in [3.63, 3.8) is 0 Å². The van der Waals surface area contributed by atoms with E-state index in [0.717, 1.165) is 56.6 Å². The van der Waals surface area contributed by atoms with E-state index < -0.39 is 24.0 Å². The molecule has 9 heteroatoms. The van der Waals surface area contributed by atoms with Gasteiger partial charge in [0.25, 0.3) is 0 Å². The van der Waals surface area contributed by atoms with Crippen LogP contribution in [0.2, 0.25) is 0 Å². The molecule has 3 aliphatic rings. The summed E-state index contributed by atoms with van der Waals surface area (Å²) < 4.78 is 40.7. The molecule has 4 atom stereocenters. The van der Waals surface area contributed by atoms with Crippen molar-refractivity contribution in [3.8, 4) is 0 Å². The third-order valence-electron chi connectivity index (χ3n) is 8.25. The Labute approximate surface area is 228 Å². The fraction of sp³-hybridized carbons (Fsp3) is 0.600. The number of hydrogen-bond donors (Lipinski definition) is 2. The highest BCUT2D eigenvalue weighted by Crippen LogP contribution is 2.34. The number of nitrogens with zero attached hydrogens (tertiary/aromatic N) is 2. The summed E-state index contributed by atoms with van der Waals surface area (Å²) in [6.45, 7) is 3.08. The number of carboxylic acid groups (broad SMARTS) is 1. The average molecular weight is 544 g/mol. The van der Waals surface area contributed by atoms with Gasteiger partial charge in [0.05, 0.1) is 19.3 Å². The van der Waals surface area contributed by atoms with Gasteiger partial charge in [-0.2, -0.15) is 0 Å². The molecule has 1 aromatic heterocycles. The first-order valence-electron chi connectivity index (χ1n) is 14.3. The standard InChI is InChI=1S/C30H39F2N3O4/c31-23-9-7-22(18-39-25-12-15-38-19-25)26(16-23)28(30(36)37)35-14-11-21(17-35)27(32)6-2-1-5-24-10-8-20-4-3-13-33-29(20)34-24/h7-10,16,21,25,27-28H,1-6,11-15,17-19H2,(H,33,34)(H,36,37)/t21-,25+,27+,28+/m1/s1. The number of unbranched alkanes of at least 4 members (excludes halogenated alkanes) is 1. The van der Waals surface area contributed by atoms with Crippen LogP contribution in [-0.4, -0.2) is 66.1 Å². The van der Waals surface area contributed by atoms with Crippen LogP contribution in [0, 0.1) is 11.7 Å². The molecule has 2 fully saturated rings. The molecule has 0 spiro atoms. The Kier molecular flexibility index (Phi) is 9.42. The number of carbonyl (C=O) groups is 1. The van der Waals surface area contributed by atoms with Gasteiger partial charge in [-0.25, -0.2) is 13.8 Å². The molecule has 2 N–H and O–H groups in total. The predicted octanol–water partition coefficient (Wildman–Crippen LogP) is 5.08. The van der Waals surface area contributed by atoms with Crippen LogP contribution in [0.1, 0.15) is 67.0 Å². The first-order chi connectivity index (χ1) is 19.0. The second-order valence-electron chi connectivity index (χ2n) is 11.0. The zero-order valence-corrected chi connectivity index (χ0v) is 22.4. The summed E-state index contributed by atoms with van der Waals surface area (Å²) in [5.41, 5.74) is 3.32. The number of carboxylic acids is 1. The number of ether oxygens (including phenoxy) is 2. The van der Waals surface area contributed by atoms with Crippen LogP contribution in [-0.2, 0) is 33.7 Å². The lowest BCUT2D eigenvalue weighted by atomic mass is 9.96. The van der Waals surface area contributed by atoms with Gasteiger partial charge in [-0.05, 0) is 86.4 Å². The number of nitrogens with one attached hydrogen (secondary N) is 1. The Morgan fingerprint density at radius 3 is 2.97 bits per heavy atom. The van der Waals surface area contributed by atoms with Gasteiger partial charge in [0, 0.05) is 31.3 Å². The molecule has 0 aliphatic carbocycles. The fourth-order valence-corrected chi connectivity index (χ4v) is 6.02. The number of alkyl halides is 1. The highest BCUT2D eigenvalue weighted by molar-refractivity contribution is 5.76. The van der Waals surface area contributed by atoms with Gasteiger partial charge in [-0.1, -0.05) is 18.6 Å². The molecule has 2 aromatic rings. The topological polar surface area (TPSA) is 83.9 Å². The maximum atomic E-state index is 15.2. The summed E-state index contributed by atoms with van der Waals surface area (Å²) in [5, 5.41) is 13.5. The van der Waals surface area contributed by atoms with Crippen molar-refractivity contribution in [2.75, 3.05) is 38.2 Å². The summed E-state index contributed by atoms with van der Waals surface area (Å²) in [6.07, 6.45) is 5.39. The van der Waals surface area contributed by atoms with Gasteiger partial charge < -0.3 is 19.9 Å². The molecule has 0 bridgehead atoms. The summed E-state index contributed by atoms with van der Waals surface area (Å²) in [4.78, 5) is 18.9. The maximum Gasteiger partial charge on any atom is 0.325 e. The van der Waals surface area contributed by atoms with Crippen LogP contribution in [0.4, 0.5) is 14.6 Å². The lowest BCUT2D eigenvalue weighted by Gasteiger charge is -2.27. The summed E-state index contributed by atoms with van der Waals surface area (Å²) >= 11 is 0. The third kappa shape index (κ3) is 7.13. The van der Waals surface area contributed by atoms with Gasteiger partial charge in [-0.3, -0.25) is 9.69 Å². The smallest absolute Gasteiger partial charge is 0.325 e. The van der Waals surface area contributed by atoms with Crippen molar-refractivity contribution in [2.45, 2.75) is 76.3 Å². The summed E-state index contributed by atoms with van der Waals surface area (Å²) in [7, 11) is 0. The Bertz CT molecular complexity index is 1130. The van der Waals surface area contributed by atoms with Crippen LogP contribution in [0.3, 0.4) is 0 Å². The molecule has 7 nitrogen and oxygen atoms in total. The van der Waals surface area contributed by atoms with Crippen LogP contribution in [0.15, 0.2) is 30.3 Å². The zero-order valence-electron chi connectivity index (χ0n) is 22.4. The summed E-state index contributed by atoms with van der Waals surface area (Å²) in [6, 6.07) is 7.38. The minimum absolute atomic E-state index is 0.0469. The van der Waals surface area contributed by atoms with Crippen LogP contribution >= 0.6 is 0 Å². The zero-order chi connectivity index (χ0) is 27.2. The van der Waals surface area contributed by atoms with Crippen molar-refractivity contribution < 1.29 is 28.2 Å². The van der Waals surface area contributed by atoms with Crippen molar-refractivity contribution in [1.82, 2.24) is 9.88 Å². The first-order valence-corrected chi connectivity index (χ1v) is 14.3. The SMILES string of the molecule is O=C(O)[C@H](c1cc(F)ccc1CO[C@H]1CCOC1)N1CC[C@@H]([C@@H](F)CCCCc2ccc3c(n2)NCCC3)C1. The van der Waals surface area contributed by atoms with E-state index in [1.54, 1.807) is 11.0 Å². The van der Waals surface area contributed by atoms with E-state index in [1.807, 2.05) is 0 Å². The molecule has 0 amide bonds. The van der Waals surface area contributed by atoms with Crippen molar-refractivity contribution >= 4 is 11.8 Å². The van der Waals surface area contributed by atoms with Gasteiger partial charge in [0.2, 0.25) is 0 Å². The molecule has 0 unspecified atom stereocenters. The average Bonchev–Trinajstić information content (AvgIpc) is 3.63. The van der Waals surface area contributed by atoms with Crippen LogP contribution in [0.5, 0.6) is 0 Å². The highest BCUT2D eigenvalue weighted by Gasteiger charge is 2.37. The van der Waals surface area contributed by atoms with Crippen LogP contribution in [0.25, 0.3) is 0 Å². The normalized spacial score (nSPS) is 22.8. The fourth-order valence-electron chi connectivity index (χ4n) is 6.02. The van der Waals surface area contributed by atoms with Gasteiger partial charge in [0.15, 0.2) is 0 Å². The van der Waals surface area contributed by atoms with Crippen molar-refractivity contribution in [3.05, 3.63) is 58.5 Å². The lowest BCUT2D eigenvalue weighted by molar-refractivity contribution is -0.143. The van der Waals surface area contributed by atoms with E-state index in [4.69, 9.17) is 14.5 Å². The van der Waals surface area contributed by atoms with Gasteiger partial charge in [0.1, 0.15) is 23.8 Å². The molecular weight excluding hydrogens is 504 g/mol. The van der Waals surface area contributed by atoms with E-state index in [9.17, 15) is 14.3 Å². The Morgan fingerprint density at radius 2 is 2.15 bits per heavy atom. The quantitative estimate of drug-likeness (QED) is 0.361. The molecular formula is C30H39F2N3O4. The number of hydrogen-bond acceptors (Lipinski definition) is 6. The number of aryl methyl sites for hydroxylation is 2. The van der Waals surface area contributed by atoms with E-state index in [-0.39, 0.29) is 18.6 Å². The van der Waals surface area contributed by atoms with E-state index in [1.165, 1.54) is 17.7 Å². The van der Waals surface area contributed by atoms with Crippen molar-refractivity contribution in [2.24, 2.45) is 5.92 Å². The number of anilines is 1. The molecule has 4 heterocycles. The minimum atomic E-state index is -1.06. The van der Waals surface area contributed by atoms with E-state index >= 15 is 4.39 Å². The number of rotatable bonds is 12. The predicted molar refractivity (Wildman–Crippen MR) is 144 cm³/mol. The Hall–Kier alpha value is -2.62. The minimum Gasteiger partial charge on any atom is -0.480 e. The maximum absolute atomic E-state index is 15.2. The third-order valence-corrected chi connectivity index (χ3v) is 8.25. The second-order valence-corrected chi connectivity index (χ2v) is 11.0. The number of likely N-dealkylation sites (tertiary alicyclic amines) is 1. The Morgan fingerprint density at radius 1 is 1.26 bits per heavy atom. The Balaban J connectivity index is 1.14. The number of benzene rings is 1. The molecule has 39 heavy (non-hydrogen) atoms. The molecule has 0 saturated carbocycles.